The predicted octanol–water partition coefficient (Wildman–Crippen LogP) is 16.8. The summed E-state index contributed by atoms with van der Waals surface area (Å²) in [4.78, 5) is 81.4. The Morgan fingerprint density at radius 3 is 1.14 bits per heavy atom. The first-order valence-electron chi connectivity index (χ1n) is 42.1. The van der Waals surface area contributed by atoms with E-state index in [9.17, 15) is 23.6 Å². The summed E-state index contributed by atoms with van der Waals surface area (Å²) in [5, 5.41) is 27.3. The number of pyridine rings is 5. The lowest BCUT2D eigenvalue weighted by molar-refractivity contribution is -0.134. The summed E-state index contributed by atoms with van der Waals surface area (Å²) >= 11 is 0. The van der Waals surface area contributed by atoms with E-state index in [-0.39, 0.29) is 35.5 Å². The van der Waals surface area contributed by atoms with Gasteiger partial charge in [0.2, 0.25) is 5.91 Å². The number of likely N-dealkylation sites (tertiary alicyclic amines) is 4. The second-order valence-electron chi connectivity index (χ2n) is 32.2. The van der Waals surface area contributed by atoms with Crippen LogP contribution in [0.4, 0.5) is 9.18 Å². The van der Waals surface area contributed by atoms with Gasteiger partial charge in [0.1, 0.15) is 18.1 Å². The minimum atomic E-state index is -0.321. The average Bonchev–Trinajstić information content (AvgIpc) is 1.68. The fraction of sp³-hybridized carbons (Fsp3) is 0.344. The Morgan fingerprint density at radius 2 is 0.767 bits per heavy atom. The highest BCUT2D eigenvalue weighted by Gasteiger charge is 2.28. The van der Waals surface area contributed by atoms with Gasteiger partial charge >= 0.3 is 6.09 Å². The maximum absolute atomic E-state index is 13.2. The molecule has 0 spiro atoms. The van der Waals surface area contributed by atoms with E-state index < -0.39 is 0 Å². The van der Waals surface area contributed by atoms with Gasteiger partial charge in [-0.3, -0.25) is 39.8 Å². The van der Waals surface area contributed by atoms with Crippen LogP contribution >= 0.6 is 0 Å². The average molecular weight is 1610 g/mol. The van der Waals surface area contributed by atoms with Gasteiger partial charge in [-0.1, -0.05) is 50.2 Å². The molecule has 120 heavy (non-hydrogen) atoms. The van der Waals surface area contributed by atoms with Crippen LogP contribution in [-0.2, 0) is 42.3 Å². The minimum Gasteiger partial charge on any atom is -0.445 e. The number of nitrogens with one attached hydrogen (secondary N) is 4. The zero-order valence-electron chi connectivity index (χ0n) is 67.9. The van der Waals surface area contributed by atoms with Crippen LogP contribution in [0.25, 0.3) is 89.2 Å². The zero-order valence-corrected chi connectivity index (χ0v) is 67.9. The van der Waals surface area contributed by atoms with Crippen molar-refractivity contribution in [1.82, 2.24) is 104 Å². The summed E-state index contributed by atoms with van der Waals surface area (Å²) in [6, 6.07) is 46.1. The molecular weight excluding hydrogens is 1510 g/mol. The van der Waals surface area contributed by atoms with E-state index >= 15 is 0 Å². The van der Waals surface area contributed by atoms with Crippen molar-refractivity contribution in [2.24, 2.45) is 29.6 Å². The molecule has 0 radical (unpaired) electrons. The van der Waals surface area contributed by atoms with Crippen LogP contribution in [0.5, 0.6) is 0 Å². The number of aromatic nitrogens is 17. The highest BCUT2D eigenvalue weighted by Crippen LogP contribution is 2.32. The number of rotatable bonds is 17. The van der Waals surface area contributed by atoms with Crippen molar-refractivity contribution in [1.29, 1.82) is 0 Å². The largest absolute Gasteiger partial charge is 0.445 e. The maximum Gasteiger partial charge on any atom is 0.410 e. The highest BCUT2D eigenvalue weighted by atomic mass is 19.1. The second-order valence-corrected chi connectivity index (χ2v) is 32.2. The number of ether oxygens (including phenoxy) is 1. The van der Waals surface area contributed by atoms with Crippen molar-refractivity contribution in [2.75, 3.05) is 52.4 Å². The van der Waals surface area contributed by atoms with E-state index in [1.165, 1.54) is 24.1 Å². The Hall–Kier alpha value is -13.2. The maximum atomic E-state index is 13.2. The molecule has 4 unspecified atom stereocenters. The number of hydrogen-bond donors (Lipinski definition) is 4. The van der Waals surface area contributed by atoms with Crippen molar-refractivity contribution in [3.05, 3.63) is 249 Å². The van der Waals surface area contributed by atoms with Gasteiger partial charge in [0.25, 0.3) is 11.8 Å². The second kappa shape index (κ2) is 38.5. The summed E-state index contributed by atoms with van der Waals surface area (Å²) in [6.45, 7) is 14.4. The summed E-state index contributed by atoms with van der Waals surface area (Å²) in [6.07, 6.45) is 37.0. The number of amides is 4. The molecule has 4 atom stereocenters. The molecule has 2 aromatic carbocycles. The van der Waals surface area contributed by atoms with Crippen LogP contribution < -0.4 is 0 Å². The first-order chi connectivity index (χ1) is 58.8. The molecule has 4 aliphatic rings. The number of benzene rings is 2. The van der Waals surface area contributed by atoms with Crippen molar-refractivity contribution in [2.45, 2.75) is 124 Å². The number of halogens is 1. The Kier molecular flexibility index (Phi) is 25.8. The topological polar surface area (TPSA) is 289 Å². The van der Waals surface area contributed by atoms with Crippen LogP contribution in [0.1, 0.15) is 117 Å². The van der Waals surface area contributed by atoms with E-state index in [2.05, 4.69) is 148 Å². The lowest BCUT2D eigenvalue weighted by Crippen LogP contribution is -2.35. The zero-order chi connectivity index (χ0) is 82.1. The number of aromatic amines is 4. The van der Waals surface area contributed by atoms with Crippen LogP contribution in [0.15, 0.2) is 226 Å². The SMILES string of the molecule is CC(C)C(=O)N1CCCC(Cn2ccc3nc(-c4cn[nH]c4)ccc32)CC1.O=C(OCc1ccccc1)N1CCCC(Cn2ccc3nc(-c4cn[nH]c4)ccc32)CC1.O=C(c1ccc(F)cc1)N1CCCC(Cn2ccc3nc(-c4cn[nH]c4)ccc32)CC1.O=C(c1ccccn1)N1CCCC(Cn2ccc3nc(-c4cn[nH]c4)ccc32)CC1. The molecule has 0 bridgehead atoms. The number of fused-ring (bicyclic) bond motifs is 4. The van der Waals surface area contributed by atoms with Crippen molar-refractivity contribution >= 4 is 67.9 Å². The number of hydrogen-bond acceptors (Lipinski definition) is 14. The fourth-order valence-electron chi connectivity index (χ4n) is 17.1. The molecule has 26 nitrogen and oxygen atoms in total. The standard InChI is InChI=1S/C25H27N5O2.C24H24FN5O.C23H24N6O.C21H27N5O/c31-25(32-18-20-5-2-1-3-6-20)29-12-4-7-19(10-13-29)17-30-14-11-23-24(30)9-8-22(28-23)21-15-26-27-16-21;25-20-5-3-18(4-6-20)24(31)29-11-1-2-17(9-12-29)16-30-13-10-22-23(30)8-7-21(28-22)19-14-26-27-15-19;30-23(21-5-1-2-10-24-21)28-11-3-4-17(8-12-28)16-29-13-9-20-22(29)7-6-19(27-20)18-14-25-26-15-18;1-15(2)21(27)25-9-3-4-16(7-10-25)14-26-11-8-19-20(26)6-5-18(24-19)17-12-22-23-13-17/h1-3,5-6,8-9,11,14-16,19H,4,7,10,12-13,17-18H2,(H,26,27);3-8,10,13-15,17H,1-2,9,11-12,16H2,(H,26,27);1-2,5-7,9-10,13-15,17H,3-4,8,11-12,16H2,(H,25,26);5-6,8,11-13,15-16H,3-4,7,9-10,14H2,1-2H3,(H,22,23). The summed E-state index contributed by atoms with van der Waals surface area (Å²) in [5.74, 6) is 2.24. The molecule has 19 rings (SSSR count). The number of carbonyl (C=O) groups excluding carboxylic acids is 4. The third-order valence-corrected chi connectivity index (χ3v) is 23.7. The normalized spacial score (nSPS) is 17.3. The van der Waals surface area contributed by atoms with Crippen LogP contribution in [0.2, 0.25) is 0 Å². The van der Waals surface area contributed by atoms with Gasteiger partial charge < -0.3 is 42.6 Å². The molecule has 4 amide bonds. The summed E-state index contributed by atoms with van der Waals surface area (Å²) < 4.78 is 27.8. The highest BCUT2D eigenvalue weighted by molar-refractivity contribution is 5.94. The lowest BCUT2D eigenvalue weighted by atomic mass is 10.0. The van der Waals surface area contributed by atoms with Gasteiger partial charge in [0, 0.05) is 168 Å². The predicted molar refractivity (Wildman–Crippen MR) is 461 cm³/mol. The van der Waals surface area contributed by atoms with E-state index in [1.54, 1.807) is 49.2 Å². The van der Waals surface area contributed by atoms with Crippen LogP contribution in [0, 0.1) is 35.4 Å². The third-order valence-electron chi connectivity index (χ3n) is 23.7. The Morgan fingerprint density at radius 1 is 0.400 bits per heavy atom. The summed E-state index contributed by atoms with van der Waals surface area (Å²) in [5.41, 5.74) is 18.3. The molecule has 4 fully saturated rings. The monoisotopic (exact) mass is 1610 g/mol. The van der Waals surface area contributed by atoms with Gasteiger partial charge in [-0.05, 0) is 215 Å². The van der Waals surface area contributed by atoms with Gasteiger partial charge in [-0.2, -0.15) is 20.4 Å². The molecular formula is C93H102FN21O5. The van der Waals surface area contributed by atoms with Gasteiger partial charge in [0.15, 0.2) is 0 Å². The van der Waals surface area contributed by atoms with Gasteiger partial charge in [-0.25, -0.2) is 29.1 Å². The van der Waals surface area contributed by atoms with E-state index in [1.807, 2.05) is 114 Å². The molecule has 4 saturated heterocycles. The minimum absolute atomic E-state index is 0.0111. The molecule has 4 aliphatic heterocycles. The van der Waals surface area contributed by atoms with Crippen molar-refractivity contribution in [3.8, 4) is 45.0 Å². The lowest BCUT2D eigenvalue weighted by Gasteiger charge is -2.22. The van der Waals surface area contributed by atoms with Crippen molar-refractivity contribution in [3.63, 3.8) is 0 Å². The number of carbonyl (C=O) groups is 4. The van der Waals surface area contributed by atoms with Crippen molar-refractivity contribution < 1.29 is 28.3 Å². The molecule has 27 heteroatoms. The Balaban J connectivity index is 0.000000119. The van der Waals surface area contributed by atoms with Crippen LogP contribution in [0.3, 0.4) is 0 Å². The quantitative estimate of drug-likeness (QED) is 0.0659. The van der Waals surface area contributed by atoms with Gasteiger partial charge in [0.05, 0.1) is 91.7 Å². The number of H-pyrrole nitrogens is 4. The van der Waals surface area contributed by atoms with E-state index in [0.717, 1.165) is 238 Å². The van der Waals surface area contributed by atoms with E-state index in [0.29, 0.717) is 41.5 Å². The third kappa shape index (κ3) is 20.0. The first-order valence-corrected chi connectivity index (χ1v) is 42.1. The molecule has 15 aromatic rings. The molecule has 0 saturated carbocycles. The molecule has 0 aliphatic carbocycles. The first kappa shape index (κ1) is 80.6. The Labute approximate surface area is 695 Å². The smallest absolute Gasteiger partial charge is 0.410 e. The molecule has 616 valence electrons. The summed E-state index contributed by atoms with van der Waals surface area (Å²) in [7, 11) is 0. The number of nitrogens with zero attached hydrogens (tertiary/aromatic N) is 17. The van der Waals surface area contributed by atoms with Crippen LogP contribution in [-0.4, -0.2) is 180 Å². The Bertz CT molecular complexity index is 5830. The molecule has 13 aromatic heterocycles. The van der Waals surface area contributed by atoms with Gasteiger partial charge in [-0.15, -0.1) is 0 Å². The molecule has 4 N–H and O–H groups in total. The fourth-order valence-corrected chi connectivity index (χ4v) is 17.1. The van der Waals surface area contributed by atoms with E-state index in [4.69, 9.17) is 24.7 Å². The molecule has 17 heterocycles.